The van der Waals surface area contributed by atoms with E-state index in [9.17, 15) is 26.7 Å². The lowest BCUT2D eigenvalue weighted by Crippen LogP contribution is -2.20. The van der Waals surface area contributed by atoms with Crippen LogP contribution >= 0.6 is 11.6 Å². The number of benzene rings is 2. The highest BCUT2D eigenvalue weighted by Crippen LogP contribution is 2.36. The number of hydrogen-bond acceptors (Lipinski definition) is 5. The van der Waals surface area contributed by atoms with Crippen LogP contribution < -0.4 is 15.4 Å². The number of ether oxygens (including phenoxy) is 1. The molecule has 8 nitrogen and oxygen atoms in total. The molecule has 0 bridgehead atoms. The molecule has 36 heavy (non-hydrogen) atoms. The van der Waals surface area contributed by atoms with Gasteiger partial charge in [-0.15, -0.1) is 0 Å². The minimum Gasteiger partial charge on any atom is -0.436 e. The molecule has 0 unspecified atom stereocenters. The van der Waals surface area contributed by atoms with Crippen LogP contribution in [0.1, 0.15) is 5.56 Å². The largest absolute Gasteiger partial charge is 0.436 e. The molecule has 186 valence electrons. The SMILES string of the molecule is Cn1cc(-c2nccc(Oc3cc(NC(=O)Nc4ccc(Cl)c(C(F)(F)F)c4)c(F)cc3F)n2)cn1. The molecule has 2 aromatic carbocycles. The van der Waals surface area contributed by atoms with Gasteiger partial charge in [0, 0.05) is 43.3 Å². The number of nitrogens with zero attached hydrogens (tertiary/aromatic N) is 4. The molecule has 2 amide bonds. The lowest BCUT2D eigenvalue weighted by Gasteiger charge is -2.13. The van der Waals surface area contributed by atoms with Crippen LogP contribution in [-0.4, -0.2) is 25.8 Å². The maximum Gasteiger partial charge on any atom is 0.417 e. The Balaban J connectivity index is 1.52. The molecule has 0 aliphatic rings. The Bertz CT molecular complexity index is 1440. The molecular formula is C22H14ClF5N6O2. The van der Waals surface area contributed by atoms with Gasteiger partial charge in [0.15, 0.2) is 17.4 Å². The quantitative estimate of drug-likeness (QED) is 0.300. The molecule has 0 fully saturated rings. The Morgan fingerprint density at radius 1 is 1.08 bits per heavy atom. The zero-order chi connectivity index (χ0) is 26.0. The number of carbonyl (C=O) groups excluding carboxylic acids is 1. The minimum absolute atomic E-state index is 0.0781. The van der Waals surface area contributed by atoms with E-state index in [1.807, 2.05) is 0 Å². The van der Waals surface area contributed by atoms with Gasteiger partial charge in [-0.1, -0.05) is 11.6 Å². The Morgan fingerprint density at radius 2 is 1.86 bits per heavy atom. The van der Waals surface area contributed by atoms with E-state index >= 15 is 0 Å². The molecule has 14 heteroatoms. The average molecular weight is 525 g/mol. The van der Waals surface area contributed by atoms with Crippen LogP contribution in [0.5, 0.6) is 11.6 Å². The van der Waals surface area contributed by atoms with Gasteiger partial charge in [-0.2, -0.15) is 23.3 Å². The number of anilines is 2. The monoisotopic (exact) mass is 524 g/mol. The number of rotatable bonds is 5. The van der Waals surface area contributed by atoms with Gasteiger partial charge in [0.1, 0.15) is 5.82 Å². The number of urea groups is 1. The first-order valence-corrected chi connectivity index (χ1v) is 10.3. The Labute approximate surface area is 204 Å². The smallest absolute Gasteiger partial charge is 0.417 e. The summed E-state index contributed by atoms with van der Waals surface area (Å²) in [6.45, 7) is 0. The second-order valence-corrected chi connectivity index (χ2v) is 7.66. The van der Waals surface area contributed by atoms with E-state index in [0.29, 0.717) is 17.7 Å². The van der Waals surface area contributed by atoms with E-state index in [1.54, 1.807) is 13.2 Å². The molecule has 0 aliphatic carbocycles. The van der Waals surface area contributed by atoms with E-state index in [4.69, 9.17) is 16.3 Å². The van der Waals surface area contributed by atoms with Crippen LogP contribution in [0, 0.1) is 11.6 Å². The van der Waals surface area contributed by atoms with Crippen molar-refractivity contribution in [2.45, 2.75) is 6.18 Å². The van der Waals surface area contributed by atoms with Gasteiger partial charge >= 0.3 is 12.2 Å². The number of aryl methyl sites for hydroxylation is 1. The fourth-order valence-electron chi connectivity index (χ4n) is 3.00. The average Bonchev–Trinajstić information content (AvgIpc) is 3.24. The zero-order valence-electron chi connectivity index (χ0n) is 18.1. The summed E-state index contributed by atoms with van der Waals surface area (Å²) in [5, 5.41) is 7.67. The summed E-state index contributed by atoms with van der Waals surface area (Å²) in [7, 11) is 1.70. The number of hydrogen-bond donors (Lipinski definition) is 2. The molecule has 0 saturated carbocycles. The van der Waals surface area contributed by atoms with Gasteiger partial charge < -0.3 is 15.4 Å². The van der Waals surface area contributed by atoms with Crippen LogP contribution in [0.4, 0.5) is 38.1 Å². The van der Waals surface area contributed by atoms with Crippen molar-refractivity contribution in [3.05, 3.63) is 77.2 Å². The number of alkyl halides is 3. The number of aromatic nitrogens is 4. The lowest BCUT2D eigenvalue weighted by atomic mass is 10.2. The van der Waals surface area contributed by atoms with E-state index in [2.05, 4.69) is 25.7 Å². The molecule has 0 radical (unpaired) electrons. The van der Waals surface area contributed by atoms with Gasteiger partial charge in [-0.05, 0) is 18.2 Å². The van der Waals surface area contributed by atoms with Gasteiger partial charge in [0.05, 0.1) is 28.0 Å². The molecule has 2 N–H and O–H groups in total. The van der Waals surface area contributed by atoms with Crippen molar-refractivity contribution in [2.75, 3.05) is 10.6 Å². The van der Waals surface area contributed by atoms with Gasteiger partial charge in [0.25, 0.3) is 0 Å². The summed E-state index contributed by atoms with van der Waals surface area (Å²) in [5.41, 5.74) is -1.36. The number of amides is 2. The second kappa shape index (κ2) is 9.77. The molecule has 4 rings (SSSR count). The normalized spacial score (nSPS) is 11.3. The summed E-state index contributed by atoms with van der Waals surface area (Å²) in [4.78, 5) is 20.5. The summed E-state index contributed by atoms with van der Waals surface area (Å²) >= 11 is 5.55. The fraction of sp³-hybridized carbons (Fsp3) is 0.0909. The standard InChI is InChI=1S/C22H14ClF5N6O2/c1-34-10-11(9-30-34)20-29-5-4-19(33-20)36-18-8-17(15(24)7-16(18)25)32-21(35)31-12-2-3-14(23)13(6-12)22(26,27)28/h2-10H,1H3,(H2,31,32,35). The van der Waals surface area contributed by atoms with Crippen molar-refractivity contribution in [3.8, 4) is 23.0 Å². The third-order valence-corrected chi connectivity index (χ3v) is 4.94. The van der Waals surface area contributed by atoms with E-state index < -0.39 is 45.9 Å². The highest BCUT2D eigenvalue weighted by atomic mass is 35.5. The van der Waals surface area contributed by atoms with Crippen LogP contribution in [-0.2, 0) is 13.2 Å². The van der Waals surface area contributed by atoms with Crippen molar-refractivity contribution in [1.82, 2.24) is 19.7 Å². The highest BCUT2D eigenvalue weighted by Gasteiger charge is 2.33. The molecule has 0 spiro atoms. The van der Waals surface area contributed by atoms with Crippen molar-refractivity contribution in [2.24, 2.45) is 7.05 Å². The summed E-state index contributed by atoms with van der Waals surface area (Å²) in [6, 6.07) is 4.27. The summed E-state index contributed by atoms with van der Waals surface area (Å²) in [5.74, 6) is -2.56. The molecule has 0 saturated heterocycles. The first kappa shape index (κ1) is 24.9. The minimum atomic E-state index is -4.75. The molecule has 0 aliphatic heterocycles. The Hall–Kier alpha value is -4.26. The van der Waals surface area contributed by atoms with Gasteiger partial charge in [-0.25, -0.2) is 18.6 Å². The predicted molar refractivity (Wildman–Crippen MR) is 120 cm³/mol. The molecule has 0 atom stereocenters. The van der Waals surface area contributed by atoms with Gasteiger partial charge in [0.2, 0.25) is 5.88 Å². The zero-order valence-corrected chi connectivity index (χ0v) is 18.8. The molecule has 4 aromatic rings. The maximum absolute atomic E-state index is 14.4. The first-order chi connectivity index (χ1) is 17.0. The third kappa shape index (κ3) is 5.68. The summed E-state index contributed by atoms with van der Waals surface area (Å²) < 4.78 is 74.7. The van der Waals surface area contributed by atoms with E-state index in [0.717, 1.165) is 18.2 Å². The predicted octanol–water partition coefficient (Wildman–Crippen LogP) is 6.26. The van der Waals surface area contributed by atoms with Crippen molar-refractivity contribution in [1.29, 1.82) is 0 Å². The van der Waals surface area contributed by atoms with Crippen molar-refractivity contribution < 1.29 is 31.5 Å². The van der Waals surface area contributed by atoms with Gasteiger partial charge in [-0.3, -0.25) is 4.68 Å². The molecule has 2 heterocycles. The number of nitrogens with one attached hydrogen (secondary N) is 2. The van der Waals surface area contributed by atoms with Crippen LogP contribution in [0.2, 0.25) is 5.02 Å². The number of carbonyl (C=O) groups is 1. The molecule has 2 aromatic heterocycles. The number of halogens is 6. The topological polar surface area (TPSA) is 94.0 Å². The third-order valence-electron chi connectivity index (χ3n) is 4.61. The fourth-order valence-corrected chi connectivity index (χ4v) is 3.22. The van der Waals surface area contributed by atoms with Crippen molar-refractivity contribution >= 4 is 29.0 Å². The second-order valence-electron chi connectivity index (χ2n) is 7.26. The molecular weight excluding hydrogens is 511 g/mol. The lowest BCUT2D eigenvalue weighted by molar-refractivity contribution is -0.137. The maximum atomic E-state index is 14.4. The van der Waals surface area contributed by atoms with Crippen LogP contribution in [0.25, 0.3) is 11.4 Å². The Morgan fingerprint density at radius 3 is 2.56 bits per heavy atom. The Kier molecular flexibility index (Phi) is 6.75. The van der Waals surface area contributed by atoms with Crippen LogP contribution in [0.15, 0.2) is 55.0 Å². The highest BCUT2D eigenvalue weighted by molar-refractivity contribution is 6.31. The van der Waals surface area contributed by atoms with E-state index in [-0.39, 0.29) is 17.4 Å². The summed E-state index contributed by atoms with van der Waals surface area (Å²) in [6.07, 6.45) is -0.231. The van der Waals surface area contributed by atoms with E-state index in [1.165, 1.54) is 23.1 Å². The van der Waals surface area contributed by atoms with Crippen LogP contribution in [0.3, 0.4) is 0 Å². The van der Waals surface area contributed by atoms with Crippen molar-refractivity contribution in [3.63, 3.8) is 0 Å². The first-order valence-electron chi connectivity index (χ1n) is 9.93.